The zero-order valence-corrected chi connectivity index (χ0v) is 13.6. The molecule has 1 aliphatic rings. The van der Waals surface area contributed by atoms with Crippen molar-refractivity contribution in [3.63, 3.8) is 0 Å². The number of hydrogen-bond acceptors (Lipinski definition) is 4. The number of amides is 1. The average Bonchev–Trinajstić information content (AvgIpc) is 2.89. The van der Waals surface area contributed by atoms with E-state index in [9.17, 15) is 9.90 Å². The fourth-order valence-electron chi connectivity index (χ4n) is 2.53. The number of carbonyl (C=O) groups excluding carboxylic acids is 1. The Hall–Kier alpha value is -1.72. The van der Waals surface area contributed by atoms with Crippen LogP contribution in [-0.2, 0) is 4.79 Å². The summed E-state index contributed by atoms with van der Waals surface area (Å²) in [7, 11) is 0. The number of nitrogens with one attached hydrogen (secondary N) is 1. The molecule has 0 atom stereocenters. The Morgan fingerprint density at radius 3 is 2.55 bits per heavy atom. The molecule has 116 valence electrons. The van der Waals surface area contributed by atoms with Crippen molar-refractivity contribution in [1.82, 2.24) is 4.98 Å². The Morgan fingerprint density at radius 2 is 2.00 bits per heavy atom. The van der Waals surface area contributed by atoms with Crippen LogP contribution in [0.2, 0.25) is 0 Å². The third-order valence-corrected chi connectivity index (χ3v) is 5.32. The topological polar surface area (TPSA) is 62.2 Å². The molecule has 22 heavy (non-hydrogen) atoms. The van der Waals surface area contributed by atoms with Gasteiger partial charge in [-0.15, -0.1) is 11.3 Å². The van der Waals surface area contributed by atoms with Gasteiger partial charge in [-0.1, -0.05) is 44.2 Å². The lowest BCUT2D eigenvalue weighted by Gasteiger charge is -2.34. The van der Waals surface area contributed by atoms with Gasteiger partial charge in [-0.05, 0) is 25.2 Å². The second-order valence-corrected chi connectivity index (χ2v) is 7.12. The molecule has 0 bridgehead atoms. The quantitative estimate of drug-likeness (QED) is 0.902. The highest BCUT2D eigenvalue weighted by Crippen LogP contribution is 2.38. The van der Waals surface area contributed by atoms with Crippen LogP contribution in [0.1, 0.15) is 43.9 Å². The van der Waals surface area contributed by atoms with Gasteiger partial charge in [-0.3, -0.25) is 10.1 Å². The molecular weight excluding hydrogens is 296 g/mol. The molecule has 1 aliphatic carbocycles. The van der Waals surface area contributed by atoms with Gasteiger partial charge in [0, 0.05) is 10.4 Å². The predicted octanol–water partition coefficient (Wildman–Crippen LogP) is 3.79. The van der Waals surface area contributed by atoms with Crippen molar-refractivity contribution in [2.45, 2.75) is 44.6 Å². The zero-order chi connectivity index (χ0) is 15.7. The van der Waals surface area contributed by atoms with Crippen molar-refractivity contribution >= 4 is 22.4 Å². The lowest BCUT2D eigenvalue weighted by Crippen LogP contribution is -2.48. The van der Waals surface area contributed by atoms with E-state index in [1.54, 1.807) is 0 Å². The second kappa shape index (κ2) is 5.82. The van der Waals surface area contributed by atoms with Crippen LogP contribution in [0.5, 0.6) is 0 Å². The Morgan fingerprint density at radius 1 is 1.32 bits per heavy atom. The molecule has 2 aromatic rings. The highest BCUT2D eigenvalue weighted by molar-refractivity contribution is 7.16. The maximum Gasteiger partial charge on any atom is 0.258 e. The van der Waals surface area contributed by atoms with Gasteiger partial charge in [0.15, 0.2) is 5.13 Å². The molecule has 1 saturated carbocycles. The SMILES string of the molecule is CC(C)c1sc(NC(=O)C2(O)CCC2)nc1-c1ccccc1. The number of aromatic nitrogens is 1. The molecule has 1 heterocycles. The first-order valence-electron chi connectivity index (χ1n) is 7.59. The fraction of sp³-hybridized carbons (Fsp3) is 0.412. The number of rotatable bonds is 4. The van der Waals surface area contributed by atoms with Crippen LogP contribution in [0.25, 0.3) is 11.3 Å². The summed E-state index contributed by atoms with van der Waals surface area (Å²) in [6.07, 6.45) is 1.97. The predicted molar refractivity (Wildman–Crippen MR) is 89.1 cm³/mol. The Labute approximate surface area is 134 Å². The maximum absolute atomic E-state index is 12.1. The van der Waals surface area contributed by atoms with Crippen LogP contribution < -0.4 is 5.32 Å². The largest absolute Gasteiger partial charge is 0.380 e. The molecule has 2 N–H and O–H groups in total. The number of aliphatic hydroxyl groups is 1. The molecule has 4 nitrogen and oxygen atoms in total. The molecule has 1 aromatic heterocycles. The van der Waals surface area contributed by atoms with E-state index in [-0.39, 0.29) is 5.91 Å². The molecule has 5 heteroatoms. The van der Waals surface area contributed by atoms with Gasteiger partial charge in [-0.25, -0.2) is 4.98 Å². The minimum atomic E-state index is -1.20. The zero-order valence-electron chi connectivity index (χ0n) is 12.8. The summed E-state index contributed by atoms with van der Waals surface area (Å²) in [6.45, 7) is 4.23. The van der Waals surface area contributed by atoms with Crippen molar-refractivity contribution in [3.05, 3.63) is 35.2 Å². The minimum absolute atomic E-state index is 0.324. The van der Waals surface area contributed by atoms with Crippen LogP contribution in [0.15, 0.2) is 30.3 Å². The van der Waals surface area contributed by atoms with E-state index in [0.717, 1.165) is 22.6 Å². The highest BCUT2D eigenvalue weighted by atomic mass is 32.1. The van der Waals surface area contributed by atoms with Crippen LogP contribution >= 0.6 is 11.3 Å². The van der Waals surface area contributed by atoms with Crippen LogP contribution in [0.4, 0.5) is 5.13 Å². The van der Waals surface area contributed by atoms with E-state index in [1.165, 1.54) is 11.3 Å². The van der Waals surface area contributed by atoms with Crippen molar-refractivity contribution in [3.8, 4) is 11.3 Å². The van der Waals surface area contributed by atoms with E-state index in [2.05, 4.69) is 24.1 Å². The van der Waals surface area contributed by atoms with Crippen LogP contribution in [0, 0.1) is 0 Å². The van der Waals surface area contributed by atoms with Crippen molar-refractivity contribution in [2.24, 2.45) is 0 Å². The summed E-state index contributed by atoms with van der Waals surface area (Å²) < 4.78 is 0. The van der Waals surface area contributed by atoms with Gasteiger partial charge < -0.3 is 5.11 Å². The normalized spacial score (nSPS) is 16.4. The average molecular weight is 316 g/mol. The fourth-order valence-corrected chi connectivity index (χ4v) is 3.52. The molecule has 1 aromatic carbocycles. The molecule has 0 unspecified atom stereocenters. The summed E-state index contributed by atoms with van der Waals surface area (Å²) in [5.41, 5.74) is 0.762. The first-order valence-corrected chi connectivity index (χ1v) is 8.41. The minimum Gasteiger partial charge on any atom is -0.380 e. The third-order valence-electron chi connectivity index (χ3n) is 4.05. The van der Waals surface area contributed by atoms with Gasteiger partial charge in [-0.2, -0.15) is 0 Å². The summed E-state index contributed by atoms with van der Waals surface area (Å²) in [6, 6.07) is 9.97. The van der Waals surface area contributed by atoms with E-state index < -0.39 is 5.60 Å². The lowest BCUT2D eigenvalue weighted by atomic mass is 9.80. The van der Waals surface area contributed by atoms with Gasteiger partial charge in [0.05, 0.1) is 5.69 Å². The number of hydrogen-bond donors (Lipinski definition) is 2. The molecular formula is C17H20N2O2S. The van der Waals surface area contributed by atoms with Gasteiger partial charge in [0.2, 0.25) is 0 Å². The van der Waals surface area contributed by atoms with Gasteiger partial charge in [0.25, 0.3) is 5.91 Å². The molecule has 0 radical (unpaired) electrons. The number of benzene rings is 1. The van der Waals surface area contributed by atoms with Crippen LogP contribution in [-0.4, -0.2) is 21.6 Å². The molecule has 0 aliphatic heterocycles. The summed E-state index contributed by atoms with van der Waals surface area (Å²) in [5.74, 6) is -0.00688. The maximum atomic E-state index is 12.1. The lowest BCUT2D eigenvalue weighted by molar-refractivity contribution is -0.142. The first kappa shape index (κ1) is 15.2. The monoisotopic (exact) mass is 316 g/mol. The number of carbonyl (C=O) groups is 1. The van der Waals surface area contributed by atoms with Gasteiger partial charge in [0.1, 0.15) is 5.60 Å². The van der Waals surface area contributed by atoms with Crippen molar-refractivity contribution in [1.29, 1.82) is 0 Å². The highest BCUT2D eigenvalue weighted by Gasteiger charge is 2.42. The molecule has 0 spiro atoms. The summed E-state index contributed by atoms with van der Waals surface area (Å²) in [4.78, 5) is 17.9. The van der Waals surface area contributed by atoms with Crippen LogP contribution in [0.3, 0.4) is 0 Å². The molecule has 1 amide bonds. The van der Waals surface area contributed by atoms with Crippen molar-refractivity contribution < 1.29 is 9.90 Å². The molecule has 3 rings (SSSR count). The van der Waals surface area contributed by atoms with Crippen molar-refractivity contribution in [2.75, 3.05) is 5.32 Å². The standard InChI is InChI=1S/C17H20N2O2S/c1-11(2)14-13(12-7-4-3-5-8-12)18-16(22-14)19-15(20)17(21)9-6-10-17/h3-5,7-8,11,21H,6,9-10H2,1-2H3,(H,18,19,20). The Balaban J connectivity index is 1.89. The second-order valence-electron chi connectivity index (χ2n) is 6.09. The van der Waals surface area contributed by atoms with E-state index >= 15 is 0 Å². The van der Waals surface area contributed by atoms with E-state index in [4.69, 9.17) is 0 Å². The smallest absolute Gasteiger partial charge is 0.258 e. The number of nitrogens with zero attached hydrogens (tertiary/aromatic N) is 1. The Kier molecular flexibility index (Phi) is 4.02. The number of anilines is 1. The summed E-state index contributed by atoms with van der Waals surface area (Å²) in [5, 5.41) is 13.5. The first-order chi connectivity index (χ1) is 10.5. The third kappa shape index (κ3) is 2.78. The van der Waals surface area contributed by atoms with E-state index in [0.29, 0.717) is 23.9 Å². The van der Waals surface area contributed by atoms with Gasteiger partial charge >= 0.3 is 0 Å². The molecule has 1 fully saturated rings. The molecule has 0 saturated heterocycles. The van der Waals surface area contributed by atoms with E-state index in [1.807, 2.05) is 30.3 Å². The number of thiazole rings is 1. The summed E-state index contributed by atoms with van der Waals surface area (Å²) >= 11 is 1.49. The Bertz CT molecular complexity index is 675.